The number of hydrogen-bond donors (Lipinski definition) is 2. The lowest BCUT2D eigenvalue weighted by molar-refractivity contribution is 0.262. The molecule has 0 saturated carbocycles. The first-order valence-corrected chi connectivity index (χ1v) is 9.20. The number of carbonyl (C=O) groups is 1. The summed E-state index contributed by atoms with van der Waals surface area (Å²) in [6, 6.07) is 19.0. The number of urea groups is 1. The molecule has 0 saturated heterocycles. The second-order valence-corrected chi connectivity index (χ2v) is 7.18. The number of nitrogens with zero attached hydrogens (tertiary/aromatic N) is 1. The molecule has 0 fully saturated rings. The van der Waals surface area contributed by atoms with Gasteiger partial charge in [-0.3, -0.25) is 0 Å². The number of fused-ring (bicyclic) bond motifs is 1. The van der Waals surface area contributed by atoms with Crippen LogP contribution < -0.4 is 10.6 Å². The number of nitrogens with one attached hydrogen (secondary N) is 2. The van der Waals surface area contributed by atoms with Crippen LogP contribution in [0.3, 0.4) is 0 Å². The Balaban J connectivity index is 1.46. The monoisotopic (exact) mass is 377 g/mol. The van der Waals surface area contributed by atoms with Crippen molar-refractivity contribution in [2.45, 2.75) is 6.92 Å². The van der Waals surface area contributed by atoms with Gasteiger partial charge in [0.2, 0.25) is 0 Å². The molecule has 0 aliphatic rings. The smallest absolute Gasteiger partial charge is 0.308 e. The summed E-state index contributed by atoms with van der Waals surface area (Å²) in [5.41, 5.74) is 4.38. The molecule has 1 aromatic heterocycles. The van der Waals surface area contributed by atoms with E-state index in [0.29, 0.717) is 11.4 Å². The Morgan fingerprint density at radius 2 is 1.56 bits per heavy atom. The lowest BCUT2D eigenvalue weighted by Crippen LogP contribution is -2.19. The molecule has 2 amide bonds. The molecule has 0 bridgehead atoms. The third kappa shape index (κ3) is 3.96. The third-order valence-electron chi connectivity index (χ3n) is 4.04. The highest BCUT2D eigenvalue weighted by molar-refractivity contribution is 7.21. The van der Waals surface area contributed by atoms with E-state index >= 15 is 0 Å². The number of aromatic nitrogens is 1. The zero-order valence-corrected chi connectivity index (χ0v) is 15.3. The molecule has 1 heterocycles. The van der Waals surface area contributed by atoms with E-state index in [1.807, 2.05) is 30.3 Å². The molecule has 3 aromatic carbocycles. The number of anilines is 2. The van der Waals surface area contributed by atoms with Crippen molar-refractivity contribution in [2.75, 3.05) is 10.6 Å². The lowest BCUT2D eigenvalue weighted by Gasteiger charge is -2.08. The van der Waals surface area contributed by atoms with E-state index < -0.39 is 0 Å². The average Bonchev–Trinajstić information content (AvgIpc) is 3.07. The quantitative estimate of drug-likeness (QED) is 0.456. The Morgan fingerprint density at radius 1 is 0.926 bits per heavy atom. The maximum Gasteiger partial charge on any atom is 0.323 e. The molecule has 4 aromatic rings. The molecule has 0 radical (unpaired) electrons. The minimum atomic E-state index is -0.384. The molecule has 0 unspecified atom stereocenters. The number of benzene rings is 3. The predicted octanol–water partition coefficient (Wildman–Crippen LogP) is 6.05. The van der Waals surface area contributed by atoms with Crippen LogP contribution in [-0.4, -0.2) is 11.0 Å². The Morgan fingerprint density at radius 3 is 2.22 bits per heavy atom. The number of aryl methyl sites for hydroxylation is 1. The first-order valence-electron chi connectivity index (χ1n) is 8.38. The van der Waals surface area contributed by atoms with Gasteiger partial charge in [0.25, 0.3) is 0 Å². The van der Waals surface area contributed by atoms with Gasteiger partial charge in [0.1, 0.15) is 10.8 Å². The summed E-state index contributed by atoms with van der Waals surface area (Å²) in [5.74, 6) is -0.346. The van der Waals surface area contributed by atoms with Gasteiger partial charge in [-0.15, -0.1) is 11.3 Å². The molecule has 4 rings (SSSR count). The first kappa shape index (κ1) is 17.2. The fourth-order valence-electron chi connectivity index (χ4n) is 2.68. The van der Waals surface area contributed by atoms with Crippen LogP contribution in [0.2, 0.25) is 0 Å². The number of halogens is 1. The molecular weight excluding hydrogens is 361 g/mol. The molecule has 6 heteroatoms. The minimum absolute atomic E-state index is 0.346. The largest absolute Gasteiger partial charge is 0.323 e. The number of amides is 2. The summed E-state index contributed by atoms with van der Waals surface area (Å²) in [4.78, 5) is 16.7. The topological polar surface area (TPSA) is 54.0 Å². The fourth-order valence-corrected chi connectivity index (χ4v) is 3.75. The van der Waals surface area contributed by atoms with Crippen molar-refractivity contribution in [3.8, 4) is 10.6 Å². The van der Waals surface area contributed by atoms with Crippen LogP contribution in [0.15, 0.2) is 66.7 Å². The van der Waals surface area contributed by atoms with Crippen molar-refractivity contribution in [1.29, 1.82) is 0 Å². The van der Waals surface area contributed by atoms with Gasteiger partial charge in [-0.1, -0.05) is 6.07 Å². The van der Waals surface area contributed by atoms with E-state index in [9.17, 15) is 9.18 Å². The number of rotatable bonds is 3. The summed E-state index contributed by atoms with van der Waals surface area (Å²) >= 11 is 1.65. The van der Waals surface area contributed by atoms with E-state index in [4.69, 9.17) is 0 Å². The summed E-state index contributed by atoms with van der Waals surface area (Å²) in [5, 5.41) is 6.36. The highest BCUT2D eigenvalue weighted by Gasteiger charge is 2.08. The zero-order chi connectivity index (χ0) is 18.8. The maximum absolute atomic E-state index is 12.9. The molecule has 0 aliphatic carbocycles. The molecule has 134 valence electrons. The number of thiazole rings is 1. The molecule has 0 aliphatic heterocycles. The Bertz CT molecular complexity index is 1100. The van der Waals surface area contributed by atoms with E-state index in [-0.39, 0.29) is 11.8 Å². The van der Waals surface area contributed by atoms with Crippen molar-refractivity contribution in [2.24, 2.45) is 0 Å². The molecule has 27 heavy (non-hydrogen) atoms. The summed E-state index contributed by atoms with van der Waals surface area (Å²) in [6.45, 7) is 2.07. The normalized spacial score (nSPS) is 10.7. The van der Waals surface area contributed by atoms with Crippen molar-refractivity contribution in [3.63, 3.8) is 0 Å². The highest BCUT2D eigenvalue weighted by atomic mass is 32.1. The number of carbonyl (C=O) groups excluding carboxylic acids is 1. The summed E-state index contributed by atoms with van der Waals surface area (Å²) in [6.07, 6.45) is 0. The molecule has 4 nitrogen and oxygen atoms in total. The van der Waals surface area contributed by atoms with Gasteiger partial charge in [-0.2, -0.15) is 0 Å². The van der Waals surface area contributed by atoms with E-state index in [2.05, 4.69) is 34.7 Å². The van der Waals surface area contributed by atoms with Crippen molar-refractivity contribution < 1.29 is 9.18 Å². The van der Waals surface area contributed by atoms with Crippen molar-refractivity contribution >= 4 is 39.0 Å². The van der Waals surface area contributed by atoms with Gasteiger partial charge < -0.3 is 10.6 Å². The van der Waals surface area contributed by atoms with Gasteiger partial charge in [0.05, 0.1) is 10.2 Å². The summed E-state index contributed by atoms with van der Waals surface area (Å²) in [7, 11) is 0. The Labute approximate surface area is 159 Å². The molecule has 0 spiro atoms. The Hall–Kier alpha value is -3.25. The van der Waals surface area contributed by atoms with E-state index in [1.165, 1.54) is 29.8 Å². The van der Waals surface area contributed by atoms with Crippen LogP contribution in [0.1, 0.15) is 5.56 Å². The van der Waals surface area contributed by atoms with E-state index in [0.717, 1.165) is 20.8 Å². The van der Waals surface area contributed by atoms with Crippen molar-refractivity contribution in [3.05, 3.63) is 78.1 Å². The first-order chi connectivity index (χ1) is 13.1. The Kier molecular flexibility index (Phi) is 4.56. The average molecular weight is 377 g/mol. The third-order valence-corrected chi connectivity index (χ3v) is 5.10. The van der Waals surface area contributed by atoms with Gasteiger partial charge in [0.15, 0.2) is 0 Å². The van der Waals surface area contributed by atoms with Gasteiger partial charge in [-0.05, 0) is 73.2 Å². The second kappa shape index (κ2) is 7.17. The van der Waals surface area contributed by atoms with Crippen LogP contribution in [0.25, 0.3) is 20.8 Å². The summed E-state index contributed by atoms with van der Waals surface area (Å²) < 4.78 is 14.1. The highest BCUT2D eigenvalue weighted by Crippen LogP contribution is 2.31. The van der Waals surface area contributed by atoms with Crippen LogP contribution >= 0.6 is 11.3 Å². The standard InChI is InChI=1S/C21H16FN3OS/c1-13-2-11-18-19(12-13)27-20(25-18)14-3-7-16(8-4-14)23-21(26)24-17-9-5-15(22)6-10-17/h2-12H,1H3,(H2,23,24,26). The number of hydrogen-bond acceptors (Lipinski definition) is 3. The lowest BCUT2D eigenvalue weighted by atomic mass is 10.2. The molecular formula is C21H16FN3OS. The fraction of sp³-hybridized carbons (Fsp3) is 0.0476. The van der Waals surface area contributed by atoms with Crippen molar-refractivity contribution in [1.82, 2.24) is 4.98 Å². The van der Waals surface area contributed by atoms with Crippen LogP contribution in [0.4, 0.5) is 20.6 Å². The zero-order valence-electron chi connectivity index (χ0n) is 14.5. The molecule has 0 atom stereocenters. The predicted molar refractivity (Wildman–Crippen MR) is 109 cm³/mol. The van der Waals surface area contributed by atoms with Gasteiger partial charge in [-0.25, -0.2) is 14.2 Å². The SMILES string of the molecule is Cc1ccc2nc(-c3ccc(NC(=O)Nc4ccc(F)cc4)cc3)sc2c1. The van der Waals surface area contributed by atoms with E-state index in [1.54, 1.807) is 11.3 Å². The van der Waals surface area contributed by atoms with Crippen LogP contribution in [0, 0.1) is 12.7 Å². The minimum Gasteiger partial charge on any atom is -0.308 e. The second-order valence-electron chi connectivity index (χ2n) is 6.15. The molecule has 2 N–H and O–H groups in total. The van der Waals surface area contributed by atoms with Crippen LogP contribution in [0.5, 0.6) is 0 Å². The van der Waals surface area contributed by atoms with Gasteiger partial charge >= 0.3 is 6.03 Å². The van der Waals surface area contributed by atoms with Crippen LogP contribution in [-0.2, 0) is 0 Å². The van der Waals surface area contributed by atoms with Gasteiger partial charge in [0, 0.05) is 16.9 Å². The maximum atomic E-state index is 12.9.